The highest BCUT2D eigenvalue weighted by molar-refractivity contribution is 7.71. The largest absolute Gasteiger partial charge is 0.489 e. The van der Waals surface area contributed by atoms with Crippen molar-refractivity contribution in [1.82, 2.24) is 14.9 Å². The SMILES string of the molecule is CCCCc1n[nH]c(=S)n1N=Cc1ccc(OCc2ccccc2)cc1. The zero-order valence-electron chi connectivity index (χ0n) is 14.8. The van der Waals surface area contributed by atoms with E-state index in [0.29, 0.717) is 11.4 Å². The number of ether oxygens (including phenoxy) is 1. The van der Waals surface area contributed by atoms with Crippen molar-refractivity contribution < 1.29 is 4.74 Å². The molecule has 5 nitrogen and oxygen atoms in total. The third kappa shape index (κ3) is 4.89. The average Bonchev–Trinajstić information content (AvgIpc) is 3.04. The lowest BCUT2D eigenvalue weighted by molar-refractivity contribution is 0.306. The molecule has 0 fully saturated rings. The summed E-state index contributed by atoms with van der Waals surface area (Å²) in [5.41, 5.74) is 2.12. The van der Waals surface area contributed by atoms with Crippen molar-refractivity contribution in [3.63, 3.8) is 0 Å². The van der Waals surface area contributed by atoms with Gasteiger partial charge in [0.1, 0.15) is 12.4 Å². The molecule has 0 amide bonds. The molecule has 0 aliphatic carbocycles. The van der Waals surface area contributed by atoms with Gasteiger partial charge in [-0.15, -0.1) is 0 Å². The van der Waals surface area contributed by atoms with E-state index < -0.39 is 0 Å². The molecule has 1 aromatic heterocycles. The van der Waals surface area contributed by atoms with E-state index in [1.54, 1.807) is 10.9 Å². The Balaban J connectivity index is 1.63. The Kier molecular flexibility index (Phi) is 6.33. The molecule has 0 spiro atoms. The zero-order valence-corrected chi connectivity index (χ0v) is 15.6. The lowest BCUT2D eigenvalue weighted by Gasteiger charge is -2.06. The molecule has 1 N–H and O–H groups in total. The van der Waals surface area contributed by atoms with E-state index in [9.17, 15) is 0 Å². The lowest BCUT2D eigenvalue weighted by Crippen LogP contribution is -1.99. The second kappa shape index (κ2) is 9.10. The van der Waals surface area contributed by atoms with Gasteiger partial charge in [0.05, 0.1) is 6.21 Å². The predicted octanol–water partition coefficient (Wildman–Crippen LogP) is 4.74. The fourth-order valence-electron chi connectivity index (χ4n) is 2.46. The summed E-state index contributed by atoms with van der Waals surface area (Å²) in [6, 6.07) is 17.9. The Morgan fingerprint density at radius 2 is 1.92 bits per heavy atom. The maximum atomic E-state index is 5.80. The van der Waals surface area contributed by atoms with Crippen molar-refractivity contribution in [1.29, 1.82) is 0 Å². The van der Waals surface area contributed by atoms with Gasteiger partial charge in [0, 0.05) is 6.42 Å². The number of unbranched alkanes of at least 4 members (excludes halogenated alkanes) is 1. The van der Waals surface area contributed by atoms with Crippen LogP contribution in [-0.4, -0.2) is 21.1 Å². The number of aromatic amines is 1. The molecule has 0 aliphatic rings. The highest BCUT2D eigenvalue weighted by Gasteiger charge is 2.04. The molecule has 0 atom stereocenters. The second-order valence-electron chi connectivity index (χ2n) is 5.95. The van der Waals surface area contributed by atoms with E-state index >= 15 is 0 Å². The van der Waals surface area contributed by atoms with Crippen LogP contribution in [0.5, 0.6) is 5.75 Å². The van der Waals surface area contributed by atoms with Gasteiger partial charge in [-0.05, 0) is 54.0 Å². The molecule has 0 unspecified atom stereocenters. The molecule has 2 aromatic carbocycles. The van der Waals surface area contributed by atoms with Gasteiger partial charge < -0.3 is 4.74 Å². The third-order valence-electron chi connectivity index (χ3n) is 3.92. The molecule has 26 heavy (non-hydrogen) atoms. The van der Waals surface area contributed by atoms with Crippen LogP contribution in [0.1, 0.15) is 36.7 Å². The summed E-state index contributed by atoms with van der Waals surface area (Å²) >= 11 is 5.25. The van der Waals surface area contributed by atoms with Crippen LogP contribution in [0.25, 0.3) is 0 Å². The number of nitrogens with one attached hydrogen (secondary N) is 1. The van der Waals surface area contributed by atoms with Gasteiger partial charge in [-0.2, -0.15) is 14.9 Å². The van der Waals surface area contributed by atoms with Gasteiger partial charge in [0.25, 0.3) is 0 Å². The smallest absolute Gasteiger partial charge is 0.216 e. The van der Waals surface area contributed by atoms with Crippen LogP contribution >= 0.6 is 12.2 Å². The van der Waals surface area contributed by atoms with Crippen molar-refractivity contribution in [3.05, 3.63) is 76.3 Å². The first-order valence-electron chi connectivity index (χ1n) is 8.73. The summed E-state index contributed by atoms with van der Waals surface area (Å²) < 4.78 is 7.99. The Labute approximate surface area is 158 Å². The van der Waals surface area contributed by atoms with E-state index in [1.807, 2.05) is 54.6 Å². The molecular weight excluding hydrogens is 344 g/mol. The summed E-state index contributed by atoms with van der Waals surface area (Å²) in [6.45, 7) is 2.70. The Morgan fingerprint density at radius 1 is 1.15 bits per heavy atom. The van der Waals surface area contributed by atoms with Crippen LogP contribution in [0.4, 0.5) is 0 Å². The van der Waals surface area contributed by atoms with Crippen LogP contribution in [0.15, 0.2) is 59.7 Å². The number of aromatic nitrogens is 3. The Hall–Kier alpha value is -2.73. The number of nitrogens with zero attached hydrogens (tertiary/aromatic N) is 3. The van der Waals surface area contributed by atoms with Crippen molar-refractivity contribution in [3.8, 4) is 5.75 Å². The molecule has 3 aromatic rings. The summed E-state index contributed by atoms with van der Waals surface area (Å²) in [7, 11) is 0. The van der Waals surface area contributed by atoms with E-state index in [-0.39, 0.29) is 0 Å². The van der Waals surface area contributed by atoms with Crippen molar-refractivity contribution in [2.75, 3.05) is 0 Å². The molecule has 0 bridgehead atoms. The molecular formula is C20H22N4OS. The van der Waals surface area contributed by atoms with E-state index in [0.717, 1.165) is 42.0 Å². The number of hydrogen-bond donors (Lipinski definition) is 1. The minimum absolute atomic E-state index is 0.509. The van der Waals surface area contributed by atoms with Crippen molar-refractivity contribution in [2.45, 2.75) is 32.8 Å². The fraction of sp³-hybridized carbons (Fsp3) is 0.250. The minimum Gasteiger partial charge on any atom is -0.489 e. The van der Waals surface area contributed by atoms with Gasteiger partial charge in [0.15, 0.2) is 5.82 Å². The molecule has 6 heteroatoms. The summed E-state index contributed by atoms with van der Waals surface area (Å²) in [4.78, 5) is 0. The minimum atomic E-state index is 0.509. The van der Waals surface area contributed by atoms with E-state index in [4.69, 9.17) is 17.0 Å². The van der Waals surface area contributed by atoms with Crippen LogP contribution < -0.4 is 4.74 Å². The molecule has 0 aliphatic heterocycles. The number of benzene rings is 2. The van der Waals surface area contributed by atoms with Crippen LogP contribution in [0.3, 0.4) is 0 Å². The predicted molar refractivity (Wildman–Crippen MR) is 106 cm³/mol. The first kappa shape index (κ1) is 18.1. The normalized spacial score (nSPS) is 11.1. The standard InChI is InChI=1S/C20H22N4OS/c1-2-3-9-19-22-23-20(26)24(19)21-14-16-10-12-18(13-11-16)25-15-17-7-5-4-6-8-17/h4-8,10-14H,2-3,9,15H2,1H3,(H,23,26). The highest BCUT2D eigenvalue weighted by atomic mass is 32.1. The summed E-state index contributed by atoms with van der Waals surface area (Å²) in [6.07, 6.45) is 4.80. The average molecular weight is 366 g/mol. The Morgan fingerprint density at radius 3 is 2.65 bits per heavy atom. The number of hydrogen-bond acceptors (Lipinski definition) is 4. The van der Waals surface area contributed by atoms with Gasteiger partial charge in [-0.3, -0.25) is 5.10 Å². The Bertz CT molecular complexity index is 898. The maximum Gasteiger partial charge on any atom is 0.216 e. The quantitative estimate of drug-likeness (QED) is 0.462. The first-order chi connectivity index (χ1) is 12.8. The van der Waals surface area contributed by atoms with Gasteiger partial charge in [-0.1, -0.05) is 43.7 Å². The van der Waals surface area contributed by atoms with Crippen molar-refractivity contribution in [2.24, 2.45) is 5.10 Å². The van der Waals surface area contributed by atoms with E-state index in [2.05, 4.69) is 22.2 Å². The van der Waals surface area contributed by atoms with Crippen LogP contribution in [-0.2, 0) is 13.0 Å². The molecule has 0 saturated carbocycles. The first-order valence-corrected chi connectivity index (χ1v) is 9.14. The number of H-pyrrole nitrogens is 1. The monoisotopic (exact) mass is 366 g/mol. The maximum absolute atomic E-state index is 5.80. The van der Waals surface area contributed by atoms with Gasteiger partial charge in [0.2, 0.25) is 4.77 Å². The topological polar surface area (TPSA) is 55.2 Å². The number of aryl methyl sites for hydroxylation is 1. The summed E-state index contributed by atoms with van der Waals surface area (Å²) in [5, 5.41) is 11.5. The molecule has 1 heterocycles. The molecule has 134 valence electrons. The third-order valence-corrected chi connectivity index (χ3v) is 4.19. The highest BCUT2D eigenvalue weighted by Crippen LogP contribution is 2.13. The number of rotatable bonds is 8. The van der Waals surface area contributed by atoms with Crippen LogP contribution in [0.2, 0.25) is 0 Å². The second-order valence-corrected chi connectivity index (χ2v) is 6.33. The van der Waals surface area contributed by atoms with Crippen molar-refractivity contribution >= 4 is 18.4 Å². The van der Waals surface area contributed by atoms with Gasteiger partial charge in [-0.25, -0.2) is 0 Å². The van der Waals surface area contributed by atoms with E-state index in [1.165, 1.54) is 0 Å². The molecule has 0 radical (unpaired) electrons. The zero-order chi connectivity index (χ0) is 18.2. The van der Waals surface area contributed by atoms with Gasteiger partial charge >= 0.3 is 0 Å². The molecule has 3 rings (SSSR count). The fourth-order valence-corrected chi connectivity index (χ4v) is 2.65. The van der Waals surface area contributed by atoms with Crippen LogP contribution in [0, 0.1) is 4.77 Å². The lowest BCUT2D eigenvalue weighted by atomic mass is 10.2. The molecule has 0 saturated heterocycles. The summed E-state index contributed by atoms with van der Waals surface area (Å²) in [5.74, 6) is 1.69.